The topological polar surface area (TPSA) is 101 Å². The van der Waals surface area contributed by atoms with Gasteiger partial charge in [0.15, 0.2) is 0 Å². The number of aromatic nitrogens is 1. The molecule has 1 aliphatic rings. The van der Waals surface area contributed by atoms with Gasteiger partial charge in [-0.1, -0.05) is 6.07 Å². The van der Waals surface area contributed by atoms with Crippen molar-refractivity contribution >= 4 is 11.8 Å². The Morgan fingerprint density at radius 1 is 1.41 bits per heavy atom. The number of aryl methyl sites for hydroxylation is 2. The molecule has 1 aromatic heterocycles. The molecular weight excluding hydrogens is 344 g/mol. The maximum Gasteiger partial charge on any atom is 0.320 e. The van der Waals surface area contributed by atoms with Crippen LogP contribution >= 0.6 is 0 Å². The third-order valence-corrected chi connectivity index (χ3v) is 5.10. The number of pyridine rings is 1. The van der Waals surface area contributed by atoms with Crippen molar-refractivity contribution in [1.29, 1.82) is 0 Å². The number of aliphatic carboxylic acids is 1. The lowest BCUT2D eigenvalue weighted by Crippen LogP contribution is -2.38. The molecule has 0 aliphatic carbocycles. The number of anilines is 1. The molecule has 27 heavy (non-hydrogen) atoms. The molecule has 7 heteroatoms. The fourth-order valence-corrected chi connectivity index (χ4v) is 3.33. The number of hydrogen-bond donors (Lipinski definition) is 3. The van der Waals surface area contributed by atoms with E-state index in [4.69, 9.17) is 20.6 Å². The lowest BCUT2D eigenvalue weighted by Gasteiger charge is -2.25. The van der Waals surface area contributed by atoms with Crippen molar-refractivity contribution in [2.45, 2.75) is 57.6 Å². The second kappa shape index (κ2) is 11.2. The molecule has 2 rings (SSSR count). The van der Waals surface area contributed by atoms with Crippen LogP contribution in [0.2, 0.25) is 0 Å². The summed E-state index contributed by atoms with van der Waals surface area (Å²) in [5.41, 5.74) is 8.09. The second-order valence-corrected chi connectivity index (χ2v) is 7.38. The Bertz CT molecular complexity index is 597. The molecule has 1 aliphatic heterocycles. The highest BCUT2D eigenvalue weighted by Crippen LogP contribution is 2.20. The van der Waals surface area contributed by atoms with Gasteiger partial charge < -0.3 is 25.8 Å². The number of methoxy groups -OCH3 is 1. The SMILES string of the molecule is COC(C)CN(CCCCc1ccc2c(n1)NCCC2)CCC(N)C(=O)O. The number of carboxylic acids is 1. The summed E-state index contributed by atoms with van der Waals surface area (Å²) in [6.07, 6.45) is 5.89. The number of rotatable bonds is 12. The molecule has 1 aromatic rings. The van der Waals surface area contributed by atoms with Crippen LogP contribution in [0.5, 0.6) is 0 Å². The zero-order valence-electron chi connectivity index (χ0n) is 16.6. The Morgan fingerprint density at radius 3 is 2.96 bits per heavy atom. The molecule has 0 fully saturated rings. The average molecular weight is 379 g/mol. The summed E-state index contributed by atoms with van der Waals surface area (Å²) in [6, 6.07) is 3.53. The molecule has 2 unspecified atom stereocenters. The molecular formula is C20H34N4O3. The van der Waals surface area contributed by atoms with Crippen molar-refractivity contribution in [3.63, 3.8) is 0 Å². The predicted molar refractivity (Wildman–Crippen MR) is 107 cm³/mol. The van der Waals surface area contributed by atoms with Crippen LogP contribution in [0.3, 0.4) is 0 Å². The summed E-state index contributed by atoms with van der Waals surface area (Å²) in [6.45, 7) is 5.39. The number of nitrogens with zero attached hydrogens (tertiary/aromatic N) is 2. The predicted octanol–water partition coefficient (Wildman–Crippen LogP) is 1.90. The van der Waals surface area contributed by atoms with E-state index in [1.807, 2.05) is 6.92 Å². The van der Waals surface area contributed by atoms with Gasteiger partial charge in [-0.15, -0.1) is 0 Å². The van der Waals surface area contributed by atoms with Crippen molar-refractivity contribution in [2.24, 2.45) is 5.73 Å². The van der Waals surface area contributed by atoms with E-state index in [0.29, 0.717) is 13.0 Å². The van der Waals surface area contributed by atoms with Gasteiger partial charge in [0.05, 0.1) is 6.10 Å². The molecule has 0 spiro atoms. The number of nitrogens with two attached hydrogens (primary N) is 1. The van der Waals surface area contributed by atoms with Crippen molar-refractivity contribution in [2.75, 3.05) is 38.6 Å². The summed E-state index contributed by atoms with van der Waals surface area (Å²) >= 11 is 0. The average Bonchev–Trinajstić information content (AvgIpc) is 2.68. The van der Waals surface area contributed by atoms with Crippen molar-refractivity contribution in [1.82, 2.24) is 9.88 Å². The van der Waals surface area contributed by atoms with E-state index >= 15 is 0 Å². The van der Waals surface area contributed by atoms with Gasteiger partial charge in [0, 0.05) is 32.4 Å². The van der Waals surface area contributed by atoms with Gasteiger partial charge in [-0.05, 0) is 63.6 Å². The van der Waals surface area contributed by atoms with E-state index < -0.39 is 12.0 Å². The van der Waals surface area contributed by atoms with Crippen LogP contribution in [0.1, 0.15) is 43.9 Å². The van der Waals surface area contributed by atoms with Crippen LogP contribution in [-0.2, 0) is 22.4 Å². The number of nitrogens with one attached hydrogen (secondary N) is 1. The van der Waals surface area contributed by atoms with Crippen LogP contribution in [-0.4, -0.2) is 66.4 Å². The summed E-state index contributed by atoms with van der Waals surface area (Å²) in [4.78, 5) is 17.9. The smallest absolute Gasteiger partial charge is 0.320 e. The molecule has 0 saturated heterocycles. The Hall–Kier alpha value is -1.70. The van der Waals surface area contributed by atoms with Gasteiger partial charge in [0.2, 0.25) is 0 Å². The van der Waals surface area contributed by atoms with Crippen LogP contribution in [0.25, 0.3) is 0 Å². The molecule has 0 saturated carbocycles. The monoisotopic (exact) mass is 378 g/mol. The Kier molecular flexibility index (Phi) is 8.97. The van der Waals surface area contributed by atoms with Crippen LogP contribution < -0.4 is 11.1 Å². The highest BCUT2D eigenvalue weighted by atomic mass is 16.5. The minimum Gasteiger partial charge on any atom is -0.480 e. The van der Waals surface area contributed by atoms with E-state index in [1.165, 1.54) is 12.0 Å². The number of hydrogen-bond acceptors (Lipinski definition) is 6. The van der Waals surface area contributed by atoms with E-state index in [9.17, 15) is 4.79 Å². The summed E-state index contributed by atoms with van der Waals surface area (Å²) < 4.78 is 5.36. The maximum absolute atomic E-state index is 10.9. The minimum absolute atomic E-state index is 0.111. The van der Waals surface area contributed by atoms with Gasteiger partial charge in [-0.2, -0.15) is 0 Å². The van der Waals surface area contributed by atoms with Gasteiger partial charge in [0.25, 0.3) is 0 Å². The Balaban J connectivity index is 1.77. The van der Waals surface area contributed by atoms with Crippen molar-refractivity contribution in [3.05, 3.63) is 23.4 Å². The molecule has 2 atom stereocenters. The maximum atomic E-state index is 10.9. The fraction of sp³-hybridized carbons (Fsp3) is 0.700. The van der Waals surface area contributed by atoms with Gasteiger partial charge in [0.1, 0.15) is 11.9 Å². The summed E-state index contributed by atoms with van der Waals surface area (Å²) in [7, 11) is 1.70. The third-order valence-electron chi connectivity index (χ3n) is 5.10. The highest BCUT2D eigenvalue weighted by molar-refractivity contribution is 5.72. The number of carbonyl (C=O) groups is 1. The standard InChI is InChI=1S/C20H34N4O3/c1-15(27-2)14-24(13-10-18(21)20(25)26)12-4-3-7-17-9-8-16-6-5-11-22-19(16)23-17/h8-9,15,18H,3-7,10-14,21H2,1-2H3,(H,22,23)(H,25,26). The third kappa shape index (κ3) is 7.44. The number of carboxylic acid groups (broad SMARTS) is 1. The van der Waals surface area contributed by atoms with Crippen LogP contribution in [0.4, 0.5) is 5.82 Å². The van der Waals surface area contributed by atoms with Crippen molar-refractivity contribution in [3.8, 4) is 0 Å². The first-order valence-electron chi connectivity index (χ1n) is 9.95. The first-order valence-corrected chi connectivity index (χ1v) is 9.95. The molecule has 0 amide bonds. The summed E-state index contributed by atoms with van der Waals surface area (Å²) in [5.74, 6) is 0.110. The van der Waals surface area contributed by atoms with Gasteiger partial charge in [-0.3, -0.25) is 4.79 Å². The quantitative estimate of drug-likeness (QED) is 0.478. The molecule has 4 N–H and O–H groups in total. The normalized spacial score (nSPS) is 15.9. The van der Waals surface area contributed by atoms with Crippen molar-refractivity contribution < 1.29 is 14.6 Å². The van der Waals surface area contributed by atoms with Gasteiger partial charge in [-0.25, -0.2) is 4.98 Å². The molecule has 7 nitrogen and oxygen atoms in total. The van der Waals surface area contributed by atoms with E-state index in [1.54, 1.807) is 7.11 Å². The van der Waals surface area contributed by atoms with E-state index in [-0.39, 0.29) is 6.10 Å². The number of unbranched alkanes of at least 4 members (excludes halogenated alkanes) is 1. The Labute approximate surface area is 162 Å². The summed E-state index contributed by atoms with van der Waals surface area (Å²) in [5, 5.41) is 12.4. The Morgan fingerprint density at radius 2 is 2.22 bits per heavy atom. The number of fused-ring (bicyclic) bond motifs is 1. The first-order chi connectivity index (χ1) is 13.0. The van der Waals surface area contributed by atoms with Crippen LogP contribution in [0.15, 0.2) is 12.1 Å². The molecule has 0 radical (unpaired) electrons. The van der Waals surface area contributed by atoms with E-state index in [2.05, 4.69) is 22.3 Å². The molecule has 0 aromatic carbocycles. The minimum atomic E-state index is -0.943. The molecule has 0 bridgehead atoms. The molecule has 2 heterocycles. The molecule has 152 valence electrons. The number of ether oxygens (including phenoxy) is 1. The second-order valence-electron chi connectivity index (χ2n) is 7.38. The van der Waals surface area contributed by atoms with E-state index in [0.717, 1.165) is 56.8 Å². The largest absolute Gasteiger partial charge is 0.480 e. The highest BCUT2D eigenvalue weighted by Gasteiger charge is 2.16. The zero-order chi connectivity index (χ0) is 19.6. The lowest BCUT2D eigenvalue weighted by atomic mass is 10.1. The van der Waals surface area contributed by atoms with Crippen LogP contribution in [0, 0.1) is 0 Å². The lowest BCUT2D eigenvalue weighted by molar-refractivity contribution is -0.138. The fourth-order valence-electron chi connectivity index (χ4n) is 3.33. The van der Waals surface area contributed by atoms with Gasteiger partial charge >= 0.3 is 5.97 Å². The zero-order valence-corrected chi connectivity index (χ0v) is 16.6. The first kappa shape index (κ1) is 21.6.